The molecule has 3 aliphatic rings. The Balaban J connectivity index is 1.24. The van der Waals surface area contributed by atoms with Crippen molar-refractivity contribution < 1.29 is 14.4 Å². The Kier molecular flexibility index (Phi) is 5.77. The summed E-state index contributed by atoms with van der Waals surface area (Å²) in [7, 11) is 0. The van der Waals surface area contributed by atoms with Crippen molar-refractivity contribution in [3.63, 3.8) is 0 Å². The van der Waals surface area contributed by atoms with Gasteiger partial charge in [-0.05, 0) is 61.2 Å². The van der Waals surface area contributed by atoms with Crippen LogP contribution in [0.1, 0.15) is 30.0 Å². The van der Waals surface area contributed by atoms with Gasteiger partial charge in [0.25, 0.3) is 5.91 Å². The summed E-state index contributed by atoms with van der Waals surface area (Å²) < 4.78 is 0. The number of nitrogens with zero attached hydrogens (tertiary/aromatic N) is 3. The first-order valence-corrected chi connectivity index (χ1v) is 12.0. The molecule has 1 spiro atoms. The van der Waals surface area contributed by atoms with Crippen LogP contribution in [-0.4, -0.2) is 66.9 Å². The second-order valence-electron chi connectivity index (χ2n) is 9.35. The first-order valence-electron chi connectivity index (χ1n) is 12.0. The molecule has 8 heteroatoms. The minimum absolute atomic E-state index is 0.311. The SMILES string of the molecule is CCN1CCN(c2ccc(NC(=O)CN3C(=O)NC4(CCc5ccccc54)C3=O)cc2C)CC1. The predicted molar refractivity (Wildman–Crippen MR) is 131 cm³/mol. The van der Waals surface area contributed by atoms with Crippen molar-refractivity contribution >= 4 is 29.2 Å². The molecular weight excluding hydrogens is 430 g/mol. The molecule has 0 aromatic heterocycles. The lowest BCUT2D eigenvalue weighted by Gasteiger charge is -2.36. The molecule has 2 aromatic rings. The number of hydrogen-bond acceptors (Lipinski definition) is 5. The fraction of sp³-hybridized carbons (Fsp3) is 0.423. The number of hydrogen-bond donors (Lipinski definition) is 2. The van der Waals surface area contributed by atoms with E-state index in [1.54, 1.807) is 0 Å². The van der Waals surface area contributed by atoms with E-state index in [2.05, 4.69) is 27.4 Å². The molecule has 1 unspecified atom stereocenters. The second-order valence-corrected chi connectivity index (χ2v) is 9.35. The van der Waals surface area contributed by atoms with Crippen LogP contribution in [0, 0.1) is 6.92 Å². The van der Waals surface area contributed by atoms with Gasteiger partial charge < -0.3 is 20.4 Å². The first-order chi connectivity index (χ1) is 16.4. The average Bonchev–Trinajstić information content (AvgIpc) is 3.32. The van der Waals surface area contributed by atoms with E-state index >= 15 is 0 Å². The number of piperazine rings is 1. The molecule has 34 heavy (non-hydrogen) atoms. The second kappa shape index (κ2) is 8.76. The lowest BCUT2D eigenvalue weighted by atomic mass is 9.92. The van der Waals surface area contributed by atoms with Crippen molar-refractivity contribution in [2.24, 2.45) is 0 Å². The maximum absolute atomic E-state index is 13.3. The summed E-state index contributed by atoms with van der Waals surface area (Å²) in [5.74, 6) is -0.745. The highest BCUT2D eigenvalue weighted by Crippen LogP contribution is 2.41. The van der Waals surface area contributed by atoms with E-state index in [0.29, 0.717) is 12.1 Å². The van der Waals surface area contributed by atoms with E-state index in [-0.39, 0.29) is 12.5 Å². The van der Waals surface area contributed by atoms with Crippen LogP contribution in [0.5, 0.6) is 0 Å². The quantitative estimate of drug-likeness (QED) is 0.669. The number of anilines is 2. The van der Waals surface area contributed by atoms with Gasteiger partial charge in [0.2, 0.25) is 5.91 Å². The lowest BCUT2D eigenvalue weighted by Crippen LogP contribution is -2.46. The van der Waals surface area contributed by atoms with Crippen molar-refractivity contribution in [3.05, 3.63) is 59.2 Å². The molecule has 0 bridgehead atoms. The zero-order valence-corrected chi connectivity index (χ0v) is 19.8. The molecule has 2 heterocycles. The summed E-state index contributed by atoms with van der Waals surface area (Å²) in [5, 5.41) is 5.72. The normalized spacial score (nSPS) is 22.3. The summed E-state index contributed by atoms with van der Waals surface area (Å²) in [6, 6.07) is 13.0. The molecule has 8 nitrogen and oxygen atoms in total. The van der Waals surface area contributed by atoms with Crippen LogP contribution in [0.25, 0.3) is 0 Å². The summed E-state index contributed by atoms with van der Waals surface area (Å²) >= 11 is 0. The number of amides is 4. The fourth-order valence-corrected chi connectivity index (χ4v) is 5.47. The van der Waals surface area contributed by atoms with Crippen molar-refractivity contribution in [3.8, 4) is 0 Å². The standard InChI is InChI=1S/C26H31N5O3/c1-3-29-12-14-30(15-13-29)22-9-8-20(16-18(22)2)27-23(32)17-31-24(33)26(28-25(31)34)11-10-19-6-4-5-7-21(19)26/h4-9,16H,3,10-15,17H2,1-2H3,(H,27,32)(H,28,34). The van der Waals surface area contributed by atoms with Crippen LogP contribution >= 0.6 is 0 Å². The highest BCUT2D eigenvalue weighted by Gasteiger charge is 2.55. The number of nitrogens with one attached hydrogen (secondary N) is 2. The van der Waals surface area contributed by atoms with Gasteiger partial charge in [-0.1, -0.05) is 31.2 Å². The largest absolute Gasteiger partial charge is 0.369 e. The van der Waals surface area contributed by atoms with Crippen LogP contribution in [-0.2, 0) is 21.5 Å². The Morgan fingerprint density at radius 3 is 2.59 bits per heavy atom. The molecule has 1 aliphatic carbocycles. The Labute approximate surface area is 199 Å². The monoisotopic (exact) mass is 461 g/mol. The Morgan fingerprint density at radius 1 is 1.09 bits per heavy atom. The van der Waals surface area contributed by atoms with Crippen LogP contribution in [0.3, 0.4) is 0 Å². The van der Waals surface area contributed by atoms with Gasteiger partial charge in [-0.25, -0.2) is 4.79 Å². The van der Waals surface area contributed by atoms with E-state index in [4.69, 9.17) is 0 Å². The highest BCUT2D eigenvalue weighted by molar-refractivity contribution is 6.11. The maximum atomic E-state index is 13.3. The maximum Gasteiger partial charge on any atom is 0.325 e. The van der Waals surface area contributed by atoms with Gasteiger partial charge in [-0.15, -0.1) is 0 Å². The molecule has 2 aliphatic heterocycles. The topological polar surface area (TPSA) is 85.0 Å². The summed E-state index contributed by atoms with van der Waals surface area (Å²) in [6.07, 6.45) is 1.24. The number of carbonyl (C=O) groups excluding carboxylic acids is 3. The number of fused-ring (bicyclic) bond motifs is 2. The smallest absolute Gasteiger partial charge is 0.325 e. The average molecular weight is 462 g/mol. The Morgan fingerprint density at radius 2 is 1.85 bits per heavy atom. The van der Waals surface area contributed by atoms with E-state index in [9.17, 15) is 14.4 Å². The van der Waals surface area contributed by atoms with E-state index < -0.39 is 17.5 Å². The zero-order valence-electron chi connectivity index (χ0n) is 19.8. The van der Waals surface area contributed by atoms with Crippen LogP contribution in [0.2, 0.25) is 0 Å². The fourth-order valence-electron chi connectivity index (χ4n) is 5.47. The number of rotatable bonds is 5. The van der Waals surface area contributed by atoms with Crippen LogP contribution in [0.15, 0.2) is 42.5 Å². The minimum atomic E-state index is -1.05. The molecule has 2 saturated heterocycles. The highest BCUT2D eigenvalue weighted by atomic mass is 16.2. The van der Waals surface area contributed by atoms with Gasteiger partial charge in [0.15, 0.2) is 0 Å². The minimum Gasteiger partial charge on any atom is -0.369 e. The van der Waals surface area contributed by atoms with Crippen molar-refractivity contribution in [2.75, 3.05) is 49.5 Å². The molecule has 0 radical (unpaired) electrons. The Bertz CT molecular complexity index is 1140. The molecular formula is C26H31N5O3. The summed E-state index contributed by atoms with van der Waals surface area (Å²) in [6.45, 7) is 9.05. The van der Waals surface area contributed by atoms with Gasteiger partial charge in [0.1, 0.15) is 12.1 Å². The van der Waals surface area contributed by atoms with E-state index in [1.165, 1.54) is 5.69 Å². The number of likely N-dealkylation sites (N-methyl/N-ethyl adjacent to an activating group) is 1. The molecule has 178 valence electrons. The van der Waals surface area contributed by atoms with Crippen molar-refractivity contribution in [2.45, 2.75) is 32.2 Å². The number of urea groups is 1. The molecule has 2 aromatic carbocycles. The number of aryl methyl sites for hydroxylation is 2. The molecule has 0 saturated carbocycles. The van der Waals surface area contributed by atoms with Crippen LogP contribution < -0.4 is 15.5 Å². The third-order valence-electron chi connectivity index (χ3n) is 7.36. The van der Waals surface area contributed by atoms with Crippen molar-refractivity contribution in [1.82, 2.24) is 15.1 Å². The molecule has 1 atom stereocenters. The third kappa shape index (κ3) is 3.81. The van der Waals surface area contributed by atoms with Gasteiger partial charge >= 0.3 is 6.03 Å². The van der Waals surface area contributed by atoms with Crippen molar-refractivity contribution in [1.29, 1.82) is 0 Å². The number of benzene rings is 2. The zero-order chi connectivity index (χ0) is 23.9. The molecule has 4 amide bonds. The predicted octanol–water partition coefficient (Wildman–Crippen LogP) is 2.47. The van der Waals surface area contributed by atoms with Gasteiger partial charge in [0, 0.05) is 37.6 Å². The number of imide groups is 1. The summed E-state index contributed by atoms with van der Waals surface area (Å²) in [5.41, 5.74) is 3.76. The summed E-state index contributed by atoms with van der Waals surface area (Å²) in [4.78, 5) is 44.5. The van der Waals surface area contributed by atoms with Gasteiger partial charge in [-0.3, -0.25) is 14.5 Å². The van der Waals surface area contributed by atoms with E-state index in [1.807, 2.05) is 49.4 Å². The number of carbonyl (C=O) groups is 3. The molecule has 2 fully saturated rings. The van der Waals surface area contributed by atoms with E-state index in [0.717, 1.165) is 60.7 Å². The molecule has 5 rings (SSSR count). The lowest BCUT2D eigenvalue weighted by molar-refractivity contribution is -0.134. The first kappa shape index (κ1) is 22.4. The van der Waals surface area contributed by atoms with Gasteiger partial charge in [-0.2, -0.15) is 0 Å². The van der Waals surface area contributed by atoms with Gasteiger partial charge in [0.05, 0.1) is 0 Å². The van der Waals surface area contributed by atoms with Crippen LogP contribution in [0.4, 0.5) is 16.2 Å². The molecule has 2 N–H and O–H groups in total. The Hall–Kier alpha value is -3.39. The third-order valence-corrected chi connectivity index (χ3v) is 7.36.